The number of amides is 1. The summed E-state index contributed by atoms with van der Waals surface area (Å²) in [5, 5.41) is 7.45. The average molecular weight is 419 g/mol. The van der Waals surface area contributed by atoms with E-state index in [9.17, 15) is 4.79 Å². The Hall–Kier alpha value is -2.12. The number of hydrogen-bond donors (Lipinski definition) is 1. The smallest absolute Gasteiger partial charge is 0.221 e. The Morgan fingerprint density at radius 1 is 1.31 bits per heavy atom. The van der Waals surface area contributed by atoms with E-state index in [1.807, 2.05) is 37.0 Å². The predicted molar refractivity (Wildman–Crippen MR) is 117 cm³/mol. The van der Waals surface area contributed by atoms with Gasteiger partial charge in [0, 0.05) is 52.4 Å². The van der Waals surface area contributed by atoms with Crippen molar-refractivity contribution in [2.24, 2.45) is 13.0 Å². The number of nitrogens with zero attached hydrogens (tertiary/aromatic N) is 5. The van der Waals surface area contributed by atoms with Crippen LogP contribution in [0.3, 0.4) is 0 Å². The minimum absolute atomic E-state index is 0. The highest BCUT2D eigenvalue weighted by Gasteiger charge is 2.39. The summed E-state index contributed by atoms with van der Waals surface area (Å²) >= 11 is 0. The number of aryl methyl sites for hydroxylation is 2. The Labute approximate surface area is 178 Å². The molecule has 158 valence electrons. The molecule has 0 radical (unpaired) electrons. The molecular formula is C21H31ClN6O. The van der Waals surface area contributed by atoms with E-state index in [0.717, 1.165) is 43.4 Å². The van der Waals surface area contributed by atoms with Crippen molar-refractivity contribution >= 4 is 29.8 Å². The van der Waals surface area contributed by atoms with Crippen LogP contribution in [-0.4, -0.2) is 51.2 Å². The first kappa shape index (κ1) is 21.6. The van der Waals surface area contributed by atoms with Gasteiger partial charge in [0.05, 0.1) is 17.1 Å². The SMILES string of the molecule is CC(=O)Nc1cccnc1N1CCCC[C@@H]2CN(Cc3cc(C)nn3C)C[C@@H]21.Cl. The van der Waals surface area contributed by atoms with Crippen LogP contribution in [0.25, 0.3) is 0 Å². The standard InChI is InChI=1S/C21H30N6O.ClH/c1-15-11-18(25(3)24-15)13-26-12-17-7-4-5-10-27(20(17)14-26)21-19(23-16(2)28)8-6-9-22-21;/h6,8-9,11,17,20H,4-5,7,10,12-14H2,1-3H3,(H,23,28);1H/t17-,20+;/m1./s1. The summed E-state index contributed by atoms with van der Waals surface area (Å²) in [6.07, 6.45) is 5.50. The minimum atomic E-state index is -0.0553. The first-order valence-electron chi connectivity index (χ1n) is 10.2. The van der Waals surface area contributed by atoms with E-state index in [1.54, 1.807) is 6.92 Å². The molecule has 0 bridgehead atoms. The quantitative estimate of drug-likeness (QED) is 0.826. The molecule has 4 heterocycles. The number of aromatic nitrogens is 3. The van der Waals surface area contributed by atoms with Crippen molar-refractivity contribution in [3.63, 3.8) is 0 Å². The van der Waals surface area contributed by atoms with Crippen LogP contribution in [0.1, 0.15) is 37.6 Å². The number of halogens is 1. The van der Waals surface area contributed by atoms with Crippen molar-refractivity contribution in [3.05, 3.63) is 35.8 Å². The second kappa shape index (κ2) is 9.13. The van der Waals surface area contributed by atoms with E-state index < -0.39 is 0 Å². The normalized spacial score (nSPS) is 22.0. The summed E-state index contributed by atoms with van der Waals surface area (Å²) in [4.78, 5) is 21.3. The van der Waals surface area contributed by atoms with Crippen LogP contribution < -0.4 is 10.2 Å². The Morgan fingerprint density at radius 3 is 2.86 bits per heavy atom. The summed E-state index contributed by atoms with van der Waals surface area (Å²) in [7, 11) is 2.02. The fourth-order valence-corrected chi connectivity index (χ4v) is 4.78. The molecule has 1 amide bonds. The molecule has 2 aliphatic rings. The molecule has 2 saturated heterocycles. The van der Waals surface area contributed by atoms with E-state index in [2.05, 4.69) is 31.3 Å². The summed E-state index contributed by atoms with van der Waals surface area (Å²) in [5.41, 5.74) is 3.15. The van der Waals surface area contributed by atoms with E-state index in [4.69, 9.17) is 0 Å². The molecule has 2 aliphatic heterocycles. The van der Waals surface area contributed by atoms with Crippen LogP contribution >= 0.6 is 12.4 Å². The number of carbonyl (C=O) groups excluding carboxylic acids is 1. The molecule has 29 heavy (non-hydrogen) atoms. The monoisotopic (exact) mass is 418 g/mol. The second-order valence-electron chi connectivity index (χ2n) is 8.17. The van der Waals surface area contributed by atoms with Gasteiger partial charge in [-0.2, -0.15) is 5.10 Å². The maximum absolute atomic E-state index is 11.7. The van der Waals surface area contributed by atoms with Crippen LogP contribution in [-0.2, 0) is 18.4 Å². The Bertz CT molecular complexity index is 853. The fourth-order valence-electron chi connectivity index (χ4n) is 4.78. The first-order chi connectivity index (χ1) is 13.5. The number of pyridine rings is 1. The largest absolute Gasteiger partial charge is 0.350 e. The van der Waals surface area contributed by atoms with Gasteiger partial charge >= 0.3 is 0 Å². The molecule has 0 spiro atoms. The third-order valence-corrected chi connectivity index (χ3v) is 5.96. The number of hydrogen-bond acceptors (Lipinski definition) is 5. The molecule has 7 nitrogen and oxygen atoms in total. The predicted octanol–water partition coefficient (Wildman–Crippen LogP) is 2.99. The van der Waals surface area contributed by atoms with Crippen molar-refractivity contribution in [2.45, 2.75) is 45.7 Å². The number of nitrogens with one attached hydrogen (secondary N) is 1. The molecular weight excluding hydrogens is 388 g/mol. The number of likely N-dealkylation sites (tertiary alicyclic amines) is 1. The lowest BCUT2D eigenvalue weighted by atomic mass is 9.98. The Kier molecular flexibility index (Phi) is 6.80. The van der Waals surface area contributed by atoms with E-state index in [0.29, 0.717) is 12.0 Å². The zero-order valence-corrected chi connectivity index (χ0v) is 18.3. The molecule has 0 unspecified atom stereocenters. The lowest BCUT2D eigenvalue weighted by Crippen LogP contribution is -2.41. The highest BCUT2D eigenvalue weighted by Crippen LogP contribution is 2.35. The van der Waals surface area contributed by atoms with Gasteiger partial charge in [-0.15, -0.1) is 12.4 Å². The molecule has 2 atom stereocenters. The van der Waals surface area contributed by atoms with Crippen molar-refractivity contribution in [3.8, 4) is 0 Å². The number of rotatable bonds is 4. The molecule has 0 saturated carbocycles. The lowest BCUT2D eigenvalue weighted by Gasteiger charge is -2.32. The molecule has 4 rings (SSSR count). The topological polar surface area (TPSA) is 66.3 Å². The minimum Gasteiger partial charge on any atom is -0.350 e. The molecule has 2 fully saturated rings. The fraction of sp³-hybridized carbons (Fsp3) is 0.571. The average Bonchev–Trinajstić information content (AvgIpc) is 3.11. The van der Waals surface area contributed by atoms with Crippen LogP contribution in [0.4, 0.5) is 11.5 Å². The summed E-state index contributed by atoms with van der Waals surface area (Å²) < 4.78 is 1.99. The van der Waals surface area contributed by atoms with Gasteiger partial charge in [0.1, 0.15) is 0 Å². The van der Waals surface area contributed by atoms with Gasteiger partial charge in [0.15, 0.2) is 5.82 Å². The number of anilines is 2. The maximum Gasteiger partial charge on any atom is 0.221 e. The highest BCUT2D eigenvalue weighted by atomic mass is 35.5. The van der Waals surface area contributed by atoms with Crippen LogP contribution in [0.2, 0.25) is 0 Å². The molecule has 2 aromatic rings. The van der Waals surface area contributed by atoms with Crippen LogP contribution in [0.5, 0.6) is 0 Å². The number of carbonyl (C=O) groups is 1. The third kappa shape index (κ3) is 4.73. The van der Waals surface area contributed by atoms with E-state index in [-0.39, 0.29) is 18.3 Å². The number of fused-ring (bicyclic) bond motifs is 1. The second-order valence-corrected chi connectivity index (χ2v) is 8.17. The molecule has 0 aromatic carbocycles. The van der Waals surface area contributed by atoms with Crippen LogP contribution in [0, 0.1) is 12.8 Å². The van der Waals surface area contributed by atoms with Gasteiger partial charge < -0.3 is 10.2 Å². The first-order valence-corrected chi connectivity index (χ1v) is 10.2. The van der Waals surface area contributed by atoms with Gasteiger partial charge in [-0.05, 0) is 43.9 Å². The van der Waals surface area contributed by atoms with E-state index in [1.165, 1.54) is 25.0 Å². The van der Waals surface area contributed by atoms with Gasteiger partial charge in [0.25, 0.3) is 0 Å². The molecule has 1 N–H and O–H groups in total. The Morgan fingerprint density at radius 2 is 2.14 bits per heavy atom. The summed E-state index contributed by atoms with van der Waals surface area (Å²) in [5.74, 6) is 1.48. The highest BCUT2D eigenvalue weighted by molar-refractivity contribution is 5.92. The molecule has 2 aromatic heterocycles. The van der Waals surface area contributed by atoms with Crippen molar-refractivity contribution in [1.82, 2.24) is 19.7 Å². The zero-order chi connectivity index (χ0) is 19.7. The maximum atomic E-state index is 11.7. The summed E-state index contributed by atoms with van der Waals surface area (Å²) in [6.45, 7) is 7.64. The lowest BCUT2D eigenvalue weighted by molar-refractivity contribution is -0.114. The summed E-state index contributed by atoms with van der Waals surface area (Å²) in [6, 6.07) is 6.45. The van der Waals surface area contributed by atoms with Gasteiger partial charge in [-0.3, -0.25) is 14.4 Å². The van der Waals surface area contributed by atoms with Gasteiger partial charge in [0.2, 0.25) is 5.91 Å². The third-order valence-electron chi connectivity index (χ3n) is 5.96. The van der Waals surface area contributed by atoms with Crippen LogP contribution in [0.15, 0.2) is 24.4 Å². The zero-order valence-electron chi connectivity index (χ0n) is 17.5. The molecule has 8 heteroatoms. The van der Waals surface area contributed by atoms with E-state index >= 15 is 0 Å². The van der Waals surface area contributed by atoms with Crippen molar-refractivity contribution in [2.75, 3.05) is 29.9 Å². The van der Waals surface area contributed by atoms with Gasteiger partial charge in [-0.25, -0.2) is 4.98 Å². The van der Waals surface area contributed by atoms with Crippen molar-refractivity contribution in [1.29, 1.82) is 0 Å². The Balaban J connectivity index is 0.00000240. The van der Waals surface area contributed by atoms with Gasteiger partial charge in [-0.1, -0.05) is 6.42 Å². The molecule has 0 aliphatic carbocycles. The van der Waals surface area contributed by atoms with Crippen molar-refractivity contribution < 1.29 is 4.79 Å².